The fourth-order valence-corrected chi connectivity index (χ4v) is 0.409. The highest BCUT2D eigenvalue weighted by molar-refractivity contribution is 5.65. The number of hydrogen-bond acceptors (Lipinski definition) is 4. The van der Waals surface area contributed by atoms with Crippen molar-refractivity contribution in [3.05, 3.63) is 10.4 Å². The lowest BCUT2D eigenvalue weighted by molar-refractivity contribution is -0.141. The fraction of sp³-hybridized carbons (Fsp3) is 0.800. The van der Waals surface area contributed by atoms with Gasteiger partial charge in [-0.3, -0.25) is 4.79 Å². The number of aliphatic hydroxyl groups excluding tert-OH is 1. The molecule has 0 radical (unpaired) electrons. The van der Waals surface area contributed by atoms with Gasteiger partial charge in [-0.15, -0.1) is 0 Å². The first-order valence-corrected chi connectivity index (χ1v) is 2.99. The third-order valence-corrected chi connectivity index (χ3v) is 0.905. The molecule has 0 amide bonds. The van der Waals surface area contributed by atoms with Crippen LogP contribution in [0, 0.1) is 0 Å². The largest absolute Gasteiger partial charge is 0.465 e. The molecule has 0 aliphatic heterocycles. The van der Waals surface area contributed by atoms with Crippen molar-refractivity contribution in [2.75, 3.05) is 13.2 Å². The Hall–Kier alpha value is -1.26. The molecule has 0 aromatic carbocycles. The van der Waals surface area contributed by atoms with Crippen LogP contribution in [0.25, 0.3) is 10.4 Å². The minimum atomic E-state index is -0.677. The third kappa shape index (κ3) is 5.20. The number of nitrogens with zero attached hydrogens (tertiary/aromatic N) is 3. The van der Waals surface area contributed by atoms with E-state index < -0.39 is 12.0 Å². The molecule has 0 bridgehead atoms. The number of esters is 1. The van der Waals surface area contributed by atoms with Gasteiger partial charge in [-0.25, -0.2) is 0 Å². The number of hydrogen-bond donors (Lipinski definition) is 1. The number of carbonyl (C=O) groups is 1. The monoisotopic (exact) mass is 159 g/mol. The second-order valence-corrected chi connectivity index (χ2v) is 1.84. The van der Waals surface area contributed by atoms with Crippen LogP contribution >= 0.6 is 0 Å². The molecular weight excluding hydrogens is 150 g/mol. The van der Waals surface area contributed by atoms with Crippen LogP contribution in [0.2, 0.25) is 0 Å². The molecule has 0 aliphatic rings. The molecule has 0 saturated heterocycles. The molecule has 62 valence electrons. The van der Waals surface area contributed by atoms with Crippen LogP contribution in [0.4, 0.5) is 0 Å². The van der Waals surface area contributed by atoms with E-state index in [-0.39, 0.29) is 13.2 Å². The summed E-state index contributed by atoms with van der Waals surface area (Å²) in [5.41, 5.74) is 7.94. The zero-order valence-electron chi connectivity index (χ0n) is 6.10. The van der Waals surface area contributed by atoms with Crippen LogP contribution in [-0.2, 0) is 9.53 Å². The highest BCUT2D eigenvalue weighted by atomic mass is 16.5. The zero-order valence-corrected chi connectivity index (χ0v) is 6.10. The summed E-state index contributed by atoms with van der Waals surface area (Å²) in [6.45, 7) is 0.845. The standard InChI is InChI=1S/C5H9N3O3/c1-4(10)11-3-5(2-9)7-8-6/h5,9H,2-3H2,1H3. The SMILES string of the molecule is CC(=O)OCC(CO)N=[N+]=[N-]. The maximum absolute atomic E-state index is 10.2. The molecule has 0 aromatic rings. The predicted molar refractivity (Wildman–Crippen MR) is 36.7 cm³/mol. The normalized spacial score (nSPS) is 11.5. The van der Waals surface area contributed by atoms with Gasteiger partial charge in [-0.1, -0.05) is 5.11 Å². The number of aliphatic hydroxyl groups is 1. The Balaban J connectivity index is 3.69. The second-order valence-electron chi connectivity index (χ2n) is 1.84. The Labute approximate surface area is 63.4 Å². The Kier molecular flexibility index (Phi) is 4.89. The highest BCUT2D eigenvalue weighted by Crippen LogP contribution is 1.91. The van der Waals surface area contributed by atoms with Crippen molar-refractivity contribution in [3.63, 3.8) is 0 Å². The second kappa shape index (κ2) is 5.52. The summed E-state index contributed by atoms with van der Waals surface area (Å²) in [6, 6.07) is -0.677. The van der Waals surface area contributed by atoms with Gasteiger partial charge in [-0.05, 0) is 5.53 Å². The molecule has 0 heterocycles. The van der Waals surface area contributed by atoms with E-state index in [2.05, 4.69) is 14.8 Å². The average Bonchev–Trinajstić information content (AvgIpc) is 1.97. The van der Waals surface area contributed by atoms with Gasteiger partial charge in [0.15, 0.2) is 0 Å². The van der Waals surface area contributed by atoms with Crippen LogP contribution in [0.15, 0.2) is 5.11 Å². The predicted octanol–water partition coefficient (Wildman–Crippen LogP) is 0.221. The molecule has 0 aromatic heterocycles. The van der Waals surface area contributed by atoms with Gasteiger partial charge in [0.25, 0.3) is 0 Å². The van der Waals surface area contributed by atoms with Crippen molar-refractivity contribution >= 4 is 5.97 Å². The van der Waals surface area contributed by atoms with Crippen molar-refractivity contribution < 1.29 is 14.6 Å². The molecule has 6 heteroatoms. The summed E-state index contributed by atoms with van der Waals surface area (Å²) in [7, 11) is 0. The minimum Gasteiger partial charge on any atom is -0.465 e. The Bertz CT molecular complexity index is 176. The van der Waals surface area contributed by atoms with Gasteiger partial charge >= 0.3 is 5.97 Å². The van der Waals surface area contributed by atoms with Crippen molar-refractivity contribution in [1.29, 1.82) is 0 Å². The quantitative estimate of drug-likeness (QED) is 0.275. The smallest absolute Gasteiger partial charge is 0.302 e. The summed E-state index contributed by atoms with van der Waals surface area (Å²) in [6.07, 6.45) is 0. The van der Waals surface area contributed by atoms with Crippen LogP contribution < -0.4 is 0 Å². The Morgan fingerprint density at radius 2 is 2.55 bits per heavy atom. The van der Waals surface area contributed by atoms with Gasteiger partial charge < -0.3 is 9.84 Å². The molecular formula is C5H9N3O3. The van der Waals surface area contributed by atoms with Gasteiger partial charge in [0, 0.05) is 11.8 Å². The molecule has 0 saturated carbocycles. The van der Waals surface area contributed by atoms with E-state index in [4.69, 9.17) is 10.6 Å². The Morgan fingerprint density at radius 3 is 2.91 bits per heavy atom. The summed E-state index contributed by atoms with van der Waals surface area (Å²) in [5, 5.41) is 11.7. The average molecular weight is 159 g/mol. The first-order valence-electron chi connectivity index (χ1n) is 2.99. The molecule has 1 unspecified atom stereocenters. The molecule has 0 aliphatic carbocycles. The van der Waals surface area contributed by atoms with Crippen LogP contribution in [0.1, 0.15) is 6.92 Å². The van der Waals surface area contributed by atoms with E-state index in [1.807, 2.05) is 0 Å². The van der Waals surface area contributed by atoms with Gasteiger partial charge in [0.2, 0.25) is 0 Å². The number of ether oxygens (including phenoxy) is 1. The number of rotatable bonds is 4. The molecule has 11 heavy (non-hydrogen) atoms. The molecule has 1 atom stereocenters. The summed E-state index contributed by atoms with van der Waals surface area (Å²) in [5.74, 6) is -0.461. The number of azide groups is 1. The highest BCUT2D eigenvalue weighted by Gasteiger charge is 2.05. The summed E-state index contributed by atoms with van der Waals surface area (Å²) in [4.78, 5) is 12.7. The topological polar surface area (TPSA) is 95.3 Å². The van der Waals surface area contributed by atoms with Crippen molar-refractivity contribution in [3.8, 4) is 0 Å². The third-order valence-electron chi connectivity index (χ3n) is 0.905. The van der Waals surface area contributed by atoms with E-state index in [0.29, 0.717) is 0 Å². The molecule has 0 fully saturated rings. The van der Waals surface area contributed by atoms with E-state index in [1.165, 1.54) is 6.92 Å². The van der Waals surface area contributed by atoms with E-state index in [0.717, 1.165) is 0 Å². The Morgan fingerprint density at radius 1 is 1.91 bits per heavy atom. The maximum atomic E-state index is 10.2. The first kappa shape index (κ1) is 9.74. The zero-order chi connectivity index (χ0) is 8.69. The van der Waals surface area contributed by atoms with E-state index in [1.54, 1.807) is 0 Å². The molecule has 6 nitrogen and oxygen atoms in total. The van der Waals surface area contributed by atoms with Gasteiger partial charge in [0.1, 0.15) is 6.61 Å². The van der Waals surface area contributed by atoms with Gasteiger partial charge in [0.05, 0.1) is 12.6 Å². The summed E-state index contributed by atoms with van der Waals surface area (Å²) < 4.78 is 4.48. The maximum Gasteiger partial charge on any atom is 0.302 e. The molecule has 0 rings (SSSR count). The summed E-state index contributed by atoms with van der Waals surface area (Å²) >= 11 is 0. The minimum absolute atomic E-state index is 0.0735. The van der Waals surface area contributed by atoms with Gasteiger partial charge in [-0.2, -0.15) is 0 Å². The van der Waals surface area contributed by atoms with Crippen LogP contribution in [-0.4, -0.2) is 30.3 Å². The van der Waals surface area contributed by atoms with E-state index >= 15 is 0 Å². The van der Waals surface area contributed by atoms with Crippen molar-refractivity contribution in [2.45, 2.75) is 13.0 Å². The van der Waals surface area contributed by atoms with E-state index in [9.17, 15) is 4.79 Å². The lowest BCUT2D eigenvalue weighted by Gasteiger charge is -2.05. The lowest BCUT2D eigenvalue weighted by atomic mass is 10.4. The van der Waals surface area contributed by atoms with Crippen molar-refractivity contribution in [2.24, 2.45) is 5.11 Å². The molecule has 1 N–H and O–H groups in total. The lowest BCUT2D eigenvalue weighted by Crippen LogP contribution is -2.18. The number of carbonyl (C=O) groups excluding carboxylic acids is 1. The first-order chi connectivity index (χ1) is 5.20. The molecule has 0 spiro atoms. The fourth-order valence-electron chi connectivity index (χ4n) is 0.409. The van der Waals surface area contributed by atoms with Crippen molar-refractivity contribution in [1.82, 2.24) is 0 Å². The van der Waals surface area contributed by atoms with Crippen LogP contribution in [0.5, 0.6) is 0 Å². The van der Waals surface area contributed by atoms with Crippen LogP contribution in [0.3, 0.4) is 0 Å².